The van der Waals surface area contributed by atoms with Gasteiger partial charge in [0.2, 0.25) is 5.91 Å². The zero-order valence-electron chi connectivity index (χ0n) is 9.09. The average Bonchev–Trinajstić information content (AvgIpc) is 2.71. The lowest BCUT2D eigenvalue weighted by atomic mass is 10.3. The van der Waals surface area contributed by atoms with Gasteiger partial charge in [-0.3, -0.25) is 4.79 Å². The number of aliphatic hydroxyl groups excluding tert-OH is 1. The lowest BCUT2D eigenvalue weighted by Crippen LogP contribution is -2.37. The molecule has 2 rings (SSSR count). The van der Waals surface area contributed by atoms with Crippen LogP contribution in [0.2, 0.25) is 0 Å². The number of aliphatic hydroxyl groups is 1. The van der Waals surface area contributed by atoms with Crippen molar-refractivity contribution in [3.8, 4) is 0 Å². The number of para-hydroxylation sites is 1. The van der Waals surface area contributed by atoms with Crippen molar-refractivity contribution < 1.29 is 9.90 Å². The molecule has 0 saturated heterocycles. The Balaban J connectivity index is 1.93. The van der Waals surface area contributed by atoms with E-state index < -0.39 is 12.0 Å². The van der Waals surface area contributed by atoms with Crippen LogP contribution >= 0.6 is 11.3 Å². The summed E-state index contributed by atoms with van der Waals surface area (Å²) in [7, 11) is 0. The Morgan fingerprint density at radius 1 is 1.53 bits per heavy atom. The molecule has 6 heteroatoms. The predicted octanol–water partition coefficient (Wildman–Crippen LogP) is 0.232. The van der Waals surface area contributed by atoms with E-state index in [0.717, 1.165) is 15.2 Å². The van der Waals surface area contributed by atoms with Gasteiger partial charge in [-0.2, -0.15) is 0 Å². The number of thiazole rings is 1. The van der Waals surface area contributed by atoms with E-state index in [2.05, 4.69) is 10.3 Å². The maximum atomic E-state index is 10.6. The molecule has 2 aromatic rings. The van der Waals surface area contributed by atoms with Crippen molar-refractivity contribution in [1.82, 2.24) is 10.3 Å². The zero-order chi connectivity index (χ0) is 12.3. The van der Waals surface area contributed by atoms with Gasteiger partial charge >= 0.3 is 0 Å². The van der Waals surface area contributed by atoms with Crippen LogP contribution < -0.4 is 11.1 Å². The second kappa shape index (κ2) is 5.22. The third-order valence-electron chi connectivity index (χ3n) is 2.28. The highest BCUT2D eigenvalue weighted by Crippen LogP contribution is 2.21. The smallest absolute Gasteiger partial charge is 0.247 e. The van der Waals surface area contributed by atoms with E-state index in [-0.39, 0.29) is 6.54 Å². The van der Waals surface area contributed by atoms with Crippen molar-refractivity contribution in [3.63, 3.8) is 0 Å². The number of nitrogens with one attached hydrogen (secondary N) is 1. The van der Waals surface area contributed by atoms with Gasteiger partial charge in [-0.1, -0.05) is 12.1 Å². The first-order valence-electron chi connectivity index (χ1n) is 5.19. The molecule has 0 aliphatic carbocycles. The Hall–Kier alpha value is -1.50. The fourth-order valence-corrected chi connectivity index (χ4v) is 2.35. The molecule has 0 radical (unpaired) electrons. The van der Waals surface area contributed by atoms with Crippen LogP contribution in [0, 0.1) is 0 Å². The molecule has 0 saturated carbocycles. The Labute approximate surface area is 102 Å². The first kappa shape index (κ1) is 12.0. The summed E-state index contributed by atoms with van der Waals surface area (Å²) in [6.07, 6.45) is -1.15. The van der Waals surface area contributed by atoms with Gasteiger partial charge < -0.3 is 16.2 Å². The molecule has 17 heavy (non-hydrogen) atoms. The Morgan fingerprint density at radius 2 is 2.29 bits per heavy atom. The highest BCUT2D eigenvalue weighted by molar-refractivity contribution is 7.18. The molecule has 1 atom stereocenters. The topological polar surface area (TPSA) is 88.2 Å². The van der Waals surface area contributed by atoms with Crippen molar-refractivity contribution in [2.75, 3.05) is 6.54 Å². The third-order valence-corrected chi connectivity index (χ3v) is 3.32. The maximum Gasteiger partial charge on any atom is 0.247 e. The van der Waals surface area contributed by atoms with Crippen LogP contribution in [0.5, 0.6) is 0 Å². The van der Waals surface area contributed by atoms with E-state index in [0.29, 0.717) is 6.54 Å². The van der Waals surface area contributed by atoms with Crippen LogP contribution in [-0.2, 0) is 11.3 Å². The van der Waals surface area contributed by atoms with Gasteiger partial charge in [-0.25, -0.2) is 4.98 Å². The number of rotatable bonds is 5. The summed E-state index contributed by atoms with van der Waals surface area (Å²) in [5, 5.41) is 13.1. The average molecular weight is 251 g/mol. The number of carbonyl (C=O) groups excluding carboxylic acids is 1. The Morgan fingerprint density at radius 3 is 3.00 bits per heavy atom. The molecular formula is C11H13N3O2S. The fraction of sp³-hybridized carbons (Fsp3) is 0.273. The van der Waals surface area contributed by atoms with E-state index in [1.54, 1.807) is 11.3 Å². The molecule has 0 spiro atoms. The van der Waals surface area contributed by atoms with Crippen molar-refractivity contribution in [2.45, 2.75) is 12.6 Å². The molecule has 1 aromatic heterocycles. The quantitative estimate of drug-likeness (QED) is 0.710. The van der Waals surface area contributed by atoms with E-state index in [1.807, 2.05) is 24.3 Å². The first-order valence-corrected chi connectivity index (χ1v) is 6.01. The standard InChI is InChI=1S/C11H13N3O2S/c12-11(16)8(15)5-13-6-10-14-7-3-1-2-4-9(7)17-10/h1-4,8,13,15H,5-6H2,(H2,12,16). The Kier molecular flexibility index (Phi) is 3.68. The number of primary amides is 1. The summed E-state index contributed by atoms with van der Waals surface area (Å²) in [6.45, 7) is 0.662. The molecule has 1 aromatic carbocycles. The van der Waals surface area contributed by atoms with Crippen molar-refractivity contribution in [2.24, 2.45) is 5.73 Å². The summed E-state index contributed by atoms with van der Waals surface area (Å²) in [5.74, 6) is -0.721. The highest BCUT2D eigenvalue weighted by atomic mass is 32.1. The third kappa shape index (κ3) is 3.00. The summed E-state index contributed by atoms with van der Waals surface area (Å²) in [4.78, 5) is 15.0. The summed E-state index contributed by atoms with van der Waals surface area (Å²) in [5.41, 5.74) is 5.90. The van der Waals surface area contributed by atoms with Gasteiger partial charge in [-0.15, -0.1) is 11.3 Å². The molecule has 0 fully saturated rings. The molecule has 1 heterocycles. The maximum absolute atomic E-state index is 10.6. The van der Waals surface area contributed by atoms with Gasteiger partial charge in [0.25, 0.3) is 0 Å². The molecule has 0 bridgehead atoms. The van der Waals surface area contributed by atoms with E-state index in [1.165, 1.54) is 0 Å². The van der Waals surface area contributed by atoms with Gasteiger partial charge in [0.1, 0.15) is 11.1 Å². The number of hydrogen-bond donors (Lipinski definition) is 3. The number of carbonyl (C=O) groups is 1. The van der Waals surface area contributed by atoms with Gasteiger partial charge in [0.15, 0.2) is 0 Å². The minimum absolute atomic E-state index is 0.144. The number of hydrogen-bond acceptors (Lipinski definition) is 5. The molecular weight excluding hydrogens is 238 g/mol. The van der Waals surface area contributed by atoms with Crippen LogP contribution in [-0.4, -0.2) is 28.6 Å². The number of nitrogens with zero attached hydrogens (tertiary/aromatic N) is 1. The lowest BCUT2D eigenvalue weighted by molar-refractivity contribution is -0.125. The molecule has 1 unspecified atom stereocenters. The molecule has 5 nitrogen and oxygen atoms in total. The summed E-state index contributed by atoms with van der Waals surface area (Å²) >= 11 is 1.59. The van der Waals surface area contributed by atoms with Crippen LogP contribution in [0.4, 0.5) is 0 Å². The highest BCUT2D eigenvalue weighted by Gasteiger charge is 2.10. The fourth-order valence-electron chi connectivity index (χ4n) is 1.41. The minimum atomic E-state index is -1.15. The number of amides is 1. The molecule has 0 aliphatic heterocycles. The van der Waals surface area contributed by atoms with E-state index >= 15 is 0 Å². The van der Waals surface area contributed by atoms with Gasteiger partial charge in [0, 0.05) is 13.1 Å². The molecule has 0 aliphatic rings. The second-order valence-electron chi connectivity index (χ2n) is 3.62. The number of fused-ring (bicyclic) bond motifs is 1. The van der Waals surface area contributed by atoms with Crippen molar-refractivity contribution in [3.05, 3.63) is 29.3 Å². The largest absolute Gasteiger partial charge is 0.382 e. The SMILES string of the molecule is NC(=O)C(O)CNCc1nc2ccccc2s1. The predicted molar refractivity (Wildman–Crippen MR) is 66.5 cm³/mol. The van der Waals surface area contributed by atoms with Crippen molar-refractivity contribution >= 4 is 27.5 Å². The zero-order valence-corrected chi connectivity index (χ0v) is 9.91. The Bertz CT molecular complexity index is 493. The van der Waals surface area contributed by atoms with Crippen LogP contribution in [0.3, 0.4) is 0 Å². The van der Waals surface area contributed by atoms with E-state index in [4.69, 9.17) is 5.73 Å². The molecule has 90 valence electrons. The number of nitrogens with two attached hydrogens (primary N) is 1. The van der Waals surface area contributed by atoms with Crippen LogP contribution in [0.25, 0.3) is 10.2 Å². The van der Waals surface area contributed by atoms with Crippen molar-refractivity contribution in [1.29, 1.82) is 0 Å². The molecule has 4 N–H and O–H groups in total. The van der Waals surface area contributed by atoms with Crippen LogP contribution in [0.15, 0.2) is 24.3 Å². The summed E-state index contributed by atoms with van der Waals surface area (Å²) in [6, 6.07) is 7.87. The second-order valence-corrected chi connectivity index (χ2v) is 4.74. The van der Waals surface area contributed by atoms with E-state index in [9.17, 15) is 9.90 Å². The lowest BCUT2D eigenvalue weighted by Gasteiger charge is -2.06. The first-order chi connectivity index (χ1) is 8.16. The molecule has 1 amide bonds. The minimum Gasteiger partial charge on any atom is -0.382 e. The van der Waals surface area contributed by atoms with Crippen LogP contribution in [0.1, 0.15) is 5.01 Å². The monoisotopic (exact) mass is 251 g/mol. The van der Waals surface area contributed by atoms with Gasteiger partial charge in [-0.05, 0) is 12.1 Å². The van der Waals surface area contributed by atoms with Gasteiger partial charge in [0.05, 0.1) is 10.2 Å². The number of aromatic nitrogens is 1. The normalized spacial score (nSPS) is 12.8. The number of benzene rings is 1. The summed E-state index contributed by atoms with van der Waals surface area (Å²) < 4.78 is 1.12.